The number of rotatable bonds is 9. The van der Waals surface area contributed by atoms with E-state index < -0.39 is 16.0 Å². The Morgan fingerprint density at radius 1 is 1.06 bits per heavy atom. The number of hydrogen-bond acceptors (Lipinski definition) is 7. The molecule has 0 aliphatic rings. The standard InChI is InChI=1S/C22H24N2O6S/c1-4-24(5-2)31(26,27)20-11-9-16(10-12-20)22(25)29-15-18-14-21(30-23-18)17-7-6-8-19(13-17)28-3/h6-14H,4-5,15H2,1-3H3. The van der Waals surface area contributed by atoms with E-state index in [1.54, 1.807) is 27.0 Å². The molecule has 0 radical (unpaired) electrons. The lowest BCUT2D eigenvalue weighted by Gasteiger charge is -2.18. The van der Waals surface area contributed by atoms with E-state index >= 15 is 0 Å². The first-order valence-corrected chi connectivity index (χ1v) is 11.2. The number of ether oxygens (including phenoxy) is 2. The van der Waals surface area contributed by atoms with Crippen molar-refractivity contribution in [1.82, 2.24) is 9.46 Å². The number of sulfonamides is 1. The third kappa shape index (κ3) is 5.12. The van der Waals surface area contributed by atoms with Gasteiger partial charge in [0.15, 0.2) is 5.76 Å². The molecule has 164 valence electrons. The highest BCUT2D eigenvalue weighted by Gasteiger charge is 2.22. The zero-order chi connectivity index (χ0) is 22.4. The van der Waals surface area contributed by atoms with Crippen LogP contribution in [0.5, 0.6) is 5.75 Å². The predicted octanol–water partition coefficient (Wildman–Crippen LogP) is 3.74. The Morgan fingerprint density at radius 2 is 1.77 bits per heavy atom. The smallest absolute Gasteiger partial charge is 0.338 e. The van der Waals surface area contributed by atoms with Crippen LogP contribution in [0.2, 0.25) is 0 Å². The number of benzene rings is 2. The highest BCUT2D eigenvalue weighted by molar-refractivity contribution is 7.89. The fourth-order valence-electron chi connectivity index (χ4n) is 2.99. The minimum Gasteiger partial charge on any atom is -0.497 e. The molecule has 0 atom stereocenters. The van der Waals surface area contributed by atoms with Crippen molar-refractivity contribution in [3.05, 3.63) is 65.9 Å². The molecule has 0 unspecified atom stereocenters. The summed E-state index contributed by atoms with van der Waals surface area (Å²) in [5.74, 6) is 0.627. The summed E-state index contributed by atoms with van der Waals surface area (Å²) in [4.78, 5) is 12.5. The van der Waals surface area contributed by atoms with E-state index in [0.29, 0.717) is 30.3 Å². The van der Waals surface area contributed by atoms with Crippen molar-refractivity contribution in [2.45, 2.75) is 25.3 Å². The molecule has 0 N–H and O–H groups in total. The molecule has 9 heteroatoms. The lowest BCUT2D eigenvalue weighted by molar-refractivity contribution is 0.0464. The highest BCUT2D eigenvalue weighted by atomic mass is 32.2. The van der Waals surface area contributed by atoms with Gasteiger partial charge in [-0.05, 0) is 36.4 Å². The molecule has 8 nitrogen and oxygen atoms in total. The molecule has 3 aromatic rings. The lowest BCUT2D eigenvalue weighted by atomic mass is 10.1. The van der Waals surface area contributed by atoms with Gasteiger partial charge in [-0.2, -0.15) is 4.31 Å². The molecule has 31 heavy (non-hydrogen) atoms. The number of hydrogen-bond donors (Lipinski definition) is 0. The maximum atomic E-state index is 12.5. The normalized spacial score (nSPS) is 11.5. The first kappa shape index (κ1) is 22.5. The summed E-state index contributed by atoms with van der Waals surface area (Å²) in [5.41, 5.74) is 1.48. The van der Waals surface area contributed by atoms with Gasteiger partial charge < -0.3 is 14.0 Å². The number of carbonyl (C=O) groups is 1. The zero-order valence-corrected chi connectivity index (χ0v) is 18.4. The van der Waals surface area contributed by atoms with Crippen LogP contribution in [0, 0.1) is 0 Å². The molecule has 1 heterocycles. The van der Waals surface area contributed by atoms with Crippen LogP contribution in [0.1, 0.15) is 29.9 Å². The Balaban J connectivity index is 1.64. The molecule has 0 saturated carbocycles. The molecule has 2 aromatic carbocycles. The number of aromatic nitrogens is 1. The summed E-state index contributed by atoms with van der Waals surface area (Å²) in [6, 6.07) is 14.7. The number of esters is 1. The Morgan fingerprint density at radius 3 is 2.42 bits per heavy atom. The van der Waals surface area contributed by atoms with Crippen LogP contribution in [-0.2, 0) is 21.4 Å². The molecule has 0 saturated heterocycles. The van der Waals surface area contributed by atoms with Crippen LogP contribution < -0.4 is 4.74 Å². The van der Waals surface area contributed by atoms with E-state index in [2.05, 4.69) is 5.16 Å². The van der Waals surface area contributed by atoms with Crippen LogP contribution in [0.4, 0.5) is 0 Å². The molecule has 0 amide bonds. The molecule has 0 bridgehead atoms. The van der Waals surface area contributed by atoms with Crippen molar-refractivity contribution in [3.8, 4) is 17.1 Å². The van der Waals surface area contributed by atoms with Gasteiger partial charge in [0.25, 0.3) is 0 Å². The van der Waals surface area contributed by atoms with E-state index in [-0.39, 0.29) is 17.1 Å². The average Bonchev–Trinajstić information content (AvgIpc) is 3.27. The van der Waals surface area contributed by atoms with E-state index in [1.807, 2.05) is 24.3 Å². The van der Waals surface area contributed by atoms with Gasteiger partial charge in [-0.1, -0.05) is 31.1 Å². The van der Waals surface area contributed by atoms with Crippen molar-refractivity contribution < 1.29 is 27.2 Å². The molecule has 0 fully saturated rings. The Kier molecular flexibility index (Phi) is 7.09. The SMILES string of the molecule is CCN(CC)S(=O)(=O)c1ccc(C(=O)OCc2cc(-c3cccc(OC)c3)on2)cc1. The minimum absolute atomic E-state index is 0.0776. The monoisotopic (exact) mass is 444 g/mol. The summed E-state index contributed by atoms with van der Waals surface area (Å²) in [6.45, 7) is 4.22. The summed E-state index contributed by atoms with van der Waals surface area (Å²) >= 11 is 0. The third-order valence-corrected chi connectivity index (χ3v) is 6.76. The molecule has 1 aromatic heterocycles. The number of methoxy groups -OCH3 is 1. The Bertz CT molecular complexity index is 1130. The van der Waals surface area contributed by atoms with Gasteiger partial charge in [0.2, 0.25) is 10.0 Å². The van der Waals surface area contributed by atoms with Gasteiger partial charge >= 0.3 is 5.97 Å². The van der Waals surface area contributed by atoms with Gasteiger partial charge in [0.05, 0.1) is 17.6 Å². The molecule has 0 aliphatic carbocycles. The van der Waals surface area contributed by atoms with Crippen molar-refractivity contribution >= 4 is 16.0 Å². The molecular weight excluding hydrogens is 420 g/mol. The second-order valence-electron chi connectivity index (χ2n) is 6.60. The Hall–Kier alpha value is -3.17. The van der Waals surface area contributed by atoms with Gasteiger partial charge in [0.1, 0.15) is 18.1 Å². The fraction of sp³-hybridized carbons (Fsp3) is 0.273. The summed E-state index contributed by atoms with van der Waals surface area (Å²) in [5, 5.41) is 3.92. The van der Waals surface area contributed by atoms with E-state index in [1.165, 1.54) is 28.6 Å². The van der Waals surface area contributed by atoms with Gasteiger partial charge in [-0.25, -0.2) is 13.2 Å². The van der Waals surface area contributed by atoms with Crippen LogP contribution >= 0.6 is 0 Å². The first-order valence-electron chi connectivity index (χ1n) is 9.76. The van der Waals surface area contributed by atoms with E-state index in [4.69, 9.17) is 14.0 Å². The second-order valence-corrected chi connectivity index (χ2v) is 8.54. The fourth-order valence-corrected chi connectivity index (χ4v) is 4.45. The molecule has 3 rings (SSSR count). The van der Waals surface area contributed by atoms with Crippen molar-refractivity contribution in [2.75, 3.05) is 20.2 Å². The zero-order valence-electron chi connectivity index (χ0n) is 17.6. The molecule has 0 aliphatic heterocycles. The van der Waals surface area contributed by atoms with Crippen LogP contribution in [0.25, 0.3) is 11.3 Å². The van der Waals surface area contributed by atoms with Crippen LogP contribution in [0.15, 0.2) is 64.0 Å². The number of nitrogens with zero attached hydrogens (tertiary/aromatic N) is 2. The topological polar surface area (TPSA) is 98.9 Å². The van der Waals surface area contributed by atoms with Crippen molar-refractivity contribution in [2.24, 2.45) is 0 Å². The third-order valence-electron chi connectivity index (χ3n) is 4.70. The summed E-state index contributed by atoms with van der Waals surface area (Å²) < 4.78 is 42.2. The number of carbonyl (C=O) groups excluding carboxylic acids is 1. The van der Waals surface area contributed by atoms with Crippen molar-refractivity contribution in [3.63, 3.8) is 0 Å². The maximum absolute atomic E-state index is 12.5. The van der Waals surface area contributed by atoms with Crippen molar-refractivity contribution in [1.29, 1.82) is 0 Å². The molecular formula is C22H24N2O6S. The van der Waals surface area contributed by atoms with Gasteiger partial charge in [-0.15, -0.1) is 0 Å². The Labute approximate surface area is 181 Å². The van der Waals surface area contributed by atoms with E-state index in [9.17, 15) is 13.2 Å². The molecule has 0 spiro atoms. The second kappa shape index (κ2) is 9.76. The predicted molar refractivity (Wildman–Crippen MR) is 114 cm³/mol. The van der Waals surface area contributed by atoms with E-state index in [0.717, 1.165) is 5.56 Å². The maximum Gasteiger partial charge on any atom is 0.338 e. The largest absolute Gasteiger partial charge is 0.497 e. The summed E-state index contributed by atoms with van der Waals surface area (Å²) in [6.07, 6.45) is 0. The first-order chi connectivity index (χ1) is 14.9. The average molecular weight is 445 g/mol. The quantitative estimate of drug-likeness (QED) is 0.464. The van der Waals surface area contributed by atoms with Gasteiger partial charge in [-0.3, -0.25) is 0 Å². The van der Waals surface area contributed by atoms with Crippen LogP contribution in [0.3, 0.4) is 0 Å². The minimum atomic E-state index is -3.58. The highest BCUT2D eigenvalue weighted by Crippen LogP contribution is 2.25. The lowest BCUT2D eigenvalue weighted by Crippen LogP contribution is -2.30. The van der Waals surface area contributed by atoms with Gasteiger partial charge in [0, 0.05) is 24.7 Å². The summed E-state index contributed by atoms with van der Waals surface area (Å²) in [7, 11) is -2.00. The van der Waals surface area contributed by atoms with Crippen LogP contribution in [-0.4, -0.2) is 44.0 Å².